The molecular weight excluding hydrogens is 350 g/mol. The number of nitrogens with zero attached hydrogens (tertiary/aromatic N) is 1. The molecular formula is C23H29N3O2. The van der Waals surface area contributed by atoms with Gasteiger partial charge in [0, 0.05) is 25.3 Å². The largest absolute Gasteiger partial charge is 0.345 e. The molecule has 0 saturated heterocycles. The lowest BCUT2D eigenvalue weighted by atomic mass is 9.92. The van der Waals surface area contributed by atoms with Gasteiger partial charge in [-0.3, -0.25) is 4.79 Å². The molecule has 0 bridgehead atoms. The van der Waals surface area contributed by atoms with Crippen molar-refractivity contribution in [3.8, 4) is 0 Å². The molecule has 2 N–H and O–H groups in total. The average molecular weight is 380 g/mol. The van der Waals surface area contributed by atoms with Gasteiger partial charge in [0.15, 0.2) is 0 Å². The second kappa shape index (κ2) is 8.30. The zero-order valence-electron chi connectivity index (χ0n) is 17.5. The van der Waals surface area contributed by atoms with E-state index >= 15 is 0 Å². The Hall–Kier alpha value is -3.08. The van der Waals surface area contributed by atoms with Crippen molar-refractivity contribution in [2.75, 3.05) is 19.4 Å². The third-order valence-corrected chi connectivity index (χ3v) is 4.64. The van der Waals surface area contributed by atoms with Crippen LogP contribution in [-0.2, 0) is 5.54 Å². The Balaban J connectivity index is 2.17. The first-order chi connectivity index (χ1) is 13.0. The van der Waals surface area contributed by atoms with E-state index < -0.39 is 5.54 Å². The van der Waals surface area contributed by atoms with Crippen LogP contribution in [0.5, 0.6) is 0 Å². The van der Waals surface area contributed by atoms with Crippen molar-refractivity contribution < 1.29 is 9.59 Å². The number of rotatable bonds is 5. The third-order valence-electron chi connectivity index (χ3n) is 4.64. The lowest BCUT2D eigenvalue weighted by molar-refractivity contribution is 0.0827. The van der Waals surface area contributed by atoms with Gasteiger partial charge < -0.3 is 15.5 Å². The maximum atomic E-state index is 12.6. The number of carbonyl (C=O) groups is 2. The molecule has 0 atom stereocenters. The molecule has 28 heavy (non-hydrogen) atoms. The Bertz CT molecular complexity index is 914. The molecule has 148 valence electrons. The van der Waals surface area contributed by atoms with Crippen LogP contribution in [0.3, 0.4) is 0 Å². The maximum absolute atomic E-state index is 12.6. The van der Waals surface area contributed by atoms with Crippen molar-refractivity contribution in [2.24, 2.45) is 0 Å². The Morgan fingerprint density at radius 2 is 1.75 bits per heavy atom. The quantitative estimate of drug-likeness (QED) is 0.785. The Morgan fingerprint density at radius 3 is 2.36 bits per heavy atom. The third kappa shape index (κ3) is 5.00. The Morgan fingerprint density at radius 1 is 1.07 bits per heavy atom. The van der Waals surface area contributed by atoms with Crippen LogP contribution in [0.15, 0.2) is 49.0 Å². The van der Waals surface area contributed by atoms with Crippen LogP contribution in [0.25, 0.3) is 5.57 Å². The van der Waals surface area contributed by atoms with Crippen LogP contribution in [-0.4, -0.2) is 30.9 Å². The van der Waals surface area contributed by atoms with E-state index in [1.54, 1.807) is 26.2 Å². The van der Waals surface area contributed by atoms with Gasteiger partial charge in [-0.05, 0) is 62.6 Å². The zero-order chi connectivity index (χ0) is 21.1. The second-order valence-electron chi connectivity index (χ2n) is 7.79. The van der Waals surface area contributed by atoms with Gasteiger partial charge in [0.1, 0.15) is 0 Å². The number of hydrogen-bond acceptors (Lipinski definition) is 2. The van der Waals surface area contributed by atoms with Crippen molar-refractivity contribution in [1.29, 1.82) is 0 Å². The van der Waals surface area contributed by atoms with Crippen LogP contribution >= 0.6 is 0 Å². The normalized spacial score (nSPS) is 10.9. The van der Waals surface area contributed by atoms with Gasteiger partial charge >= 0.3 is 6.03 Å². The molecule has 0 aliphatic rings. The lowest BCUT2D eigenvalue weighted by Crippen LogP contribution is -2.43. The van der Waals surface area contributed by atoms with Gasteiger partial charge in [0.05, 0.1) is 5.54 Å². The summed E-state index contributed by atoms with van der Waals surface area (Å²) in [5.41, 5.74) is 4.41. The minimum Gasteiger partial charge on any atom is -0.345 e. The number of anilines is 1. The number of carbonyl (C=O) groups excluding carboxylic acids is 2. The SMILES string of the molecule is C=C(C)c1cccc(C(C)(C)NC(=O)Nc2ccc(C)c(C(=O)N(C)C)c2)c1. The van der Waals surface area contributed by atoms with Gasteiger partial charge in [0.25, 0.3) is 5.91 Å². The van der Waals surface area contributed by atoms with Crippen molar-refractivity contribution in [2.45, 2.75) is 33.2 Å². The minimum atomic E-state index is -0.581. The molecule has 0 saturated carbocycles. The number of nitrogens with one attached hydrogen (secondary N) is 2. The number of benzene rings is 2. The van der Waals surface area contributed by atoms with E-state index in [0.29, 0.717) is 11.3 Å². The van der Waals surface area contributed by atoms with Crippen LogP contribution in [0.4, 0.5) is 10.5 Å². The molecule has 0 heterocycles. The standard InChI is InChI=1S/C23H29N3O2/c1-15(2)17-9-8-10-18(13-17)23(4,5)25-22(28)24-19-12-11-16(3)20(14-19)21(27)26(6)7/h8-14H,1H2,2-7H3,(H2,24,25,28). The molecule has 0 aliphatic carbocycles. The molecule has 5 nitrogen and oxygen atoms in total. The first-order valence-corrected chi connectivity index (χ1v) is 9.19. The fraction of sp³-hybridized carbons (Fsp3) is 0.304. The Kier molecular flexibility index (Phi) is 6.29. The van der Waals surface area contributed by atoms with E-state index in [-0.39, 0.29) is 11.9 Å². The van der Waals surface area contributed by atoms with Gasteiger partial charge in [0.2, 0.25) is 0 Å². The molecule has 2 rings (SSSR count). The highest BCUT2D eigenvalue weighted by Gasteiger charge is 2.23. The van der Waals surface area contributed by atoms with Crippen LogP contribution < -0.4 is 10.6 Å². The van der Waals surface area contributed by atoms with E-state index in [9.17, 15) is 9.59 Å². The molecule has 0 fully saturated rings. The molecule has 0 spiro atoms. The summed E-state index contributed by atoms with van der Waals surface area (Å²) < 4.78 is 0. The van der Waals surface area contributed by atoms with E-state index in [0.717, 1.165) is 22.3 Å². The van der Waals surface area contributed by atoms with Crippen LogP contribution in [0.1, 0.15) is 47.8 Å². The topological polar surface area (TPSA) is 61.4 Å². The maximum Gasteiger partial charge on any atom is 0.319 e. The van der Waals surface area contributed by atoms with Crippen molar-refractivity contribution >= 4 is 23.2 Å². The zero-order valence-corrected chi connectivity index (χ0v) is 17.5. The summed E-state index contributed by atoms with van der Waals surface area (Å²) in [5.74, 6) is -0.0986. The molecule has 0 radical (unpaired) electrons. The fourth-order valence-corrected chi connectivity index (χ4v) is 2.86. The molecule has 5 heteroatoms. The molecule has 0 aromatic heterocycles. The van der Waals surface area contributed by atoms with Gasteiger partial charge in [-0.2, -0.15) is 0 Å². The van der Waals surface area contributed by atoms with Gasteiger partial charge in [-0.1, -0.05) is 36.4 Å². The number of urea groups is 1. The minimum absolute atomic E-state index is 0.0986. The molecule has 2 aromatic rings. The summed E-state index contributed by atoms with van der Waals surface area (Å²) in [6.45, 7) is 11.7. The van der Waals surface area contributed by atoms with E-state index in [1.807, 2.05) is 58.0 Å². The Labute approximate surface area is 167 Å². The van der Waals surface area contributed by atoms with Crippen molar-refractivity contribution in [3.05, 3.63) is 71.3 Å². The molecule has 3 amide bonds. The highest BCUT2D eigenvalue weighted by molar-refractivity contribution is 5.98. The summed E-state index contributed by atoms with van der Waals surface area (Å²) >= 11 is 0. The van der Waals surface area contributed by atoms with Gasteiger partial charge in [-0.25, -0.2) is 4.79 Å². The number of hydrogen-bond donors (Lipinski definition) is 2. The van der Waals surface area contributed by atoms with Crippen LogP contribution in [0.2, 0.25) is 0 Å². The summed E-state index contributed by atoms with van der Waals surface area (Å²) in [4.78, 5) is 26.4. The van der Waals surface area contributed by atoms with E-state index in [2.05, 4.69) is 17.2 Å². The highest BCUT2D eigenvalue weighted by atomic mass is 16.2. The predicted octanol–water partition coefficient (Wildman–Crippen LogP) is 4.79. The first kappa shape index (κ1) is 21.2. The van der Waals surface area contributed by atoms with Crippen molar-refractivity contribution in [3.63, 3.8) is 0 Å². The highest BCUT2D eigenvalue weighted by Crippen LogP contribution is 2.24. The van der Waals surface area contributed by atoms with Crippen LogP contribution in [0, 0.1) is 6.92 Å². The summed E-state index contributed by atoms with van der Waals surface area (Å²) in [6, 6.07) is 12.9. The summed E-state index contributed by atoms with van der Waals surface area (Å²) in [7, 11) is 3.41. The number of amides is 3. The van der Waals surface area contributed by atoms with Gasteiger partial charge in [-0.15, -0.1) is 0 Å². The van der Waals surface area contributed by atoms with Crippen molar-refractivity contribution in [1.82, 2.24) is 10.2 Å². The van der Waals surface area contributed by atoms with E-state index in [4.69, 9.17) is 0 Å². The summed E-state index contributed by atoms with van der Waals surface area (Å²) in [6.07, 6.45) is 0. The number of aryl methyl sites for hydroxylation is 1. The summed E-state index contributed by atoms with van der Waals surface area (Å²) in [5, 5.41) is 5.83. The predicted molar refractivity (Wildman–Crippen MR) is 116 cm³/mol. The molecule has 0 unspecified atom stereocenters. The lowest BCUT2D eigenvalue weighted by Gasteiger charge is -2.27. The monoisotopic (exact) mass is 379 g/mol. The second-order valence-corrected chi connectivity index (χ2v) is 7.79. The molecule has 0 aliphatic heterocycles. The average Bonchev–Trinajstić information content (AvgIpc) is 2.62. The smallest absolute Gasteiger partial charge is 0.319 e. The fourth-order valence-electron chi connectivity index (χ4n) is 2.86. The number of allylic oxidation sites excluding steroid dienone is 1. The molecule has 2 aromatic carbocycles. The van der Waals surface area contributed by atoms with E-state index in [1.165, 1.54) is 4.90 Å². The first-order valence-electron chi connectivity index (χ1n) is 9.19.